The van der Waals surface area contributed by atoms with Crippen molar-refractivity contribution in [1.29, 1.82) is 0 Å². The number of hydrogen-bond acceptors (Lipinski definition) is 3. The molecule has 4 aromatic rings. The minimum absolute atomic E-state index is 0.0647. The Hall–Kier alpha value is -2.01. The van der Waals surface area contributed by atoms with Crippen molar-refractivity contribution >= 4 is 44.4 Å². The number of rotatable bonds is 1. The van der Waals surface area contributed by atoms with Gasteiger partial charge in [-0.2, -0.15) is 0 Å². The van der Waals surface area contributed by atoms with Crippen molar-refractivity contribution in [2.45, 2.75) is 59.1 Å². The smallest absolute Gasteiger partial charge is 0.124 e. The lowest BCUT2D eigenvalue weighted by Gasteiger charge is -2.23. The highest BCUT2D eigenvalue weighted by atomic mass is 32.1. The summed E-state index contributed by atoms with van der Waals surface area (Å²) < 4.78 is 4.32. The van der Waals surface area contributed by atoms with Crippen LogP contribution in [0.2, 0.25) is 0 Å². The number of benzene rings is 2. The lowest BCUT2D eigenvalue weighted by molar-refractivity contribution is 0.278. The Morgan fingerprint density at radius 2 is 1.53 bits per heavy atom. The topological polar surface area (TPSA) is 25.2 Å². The first-order chi connectivity index (χ1) is 14.0. The summed E-state index contributed by atoms with van der Waals surface area (Å²) in [6.45, 7) is 13.1. The molecule has 0 spiro atoms. The molecule has 158 valence electrons. The van der Waals surface area contributed by atoms with Gasteiger partial charge < -0.3 is 9.67 Å². The van der Waals surface area contributed by atoms with Crippen molar-refractivity contribution in [3.63, 3.8) is 0 Å². The van der Waals surface area contributed by atoms with Crippen molar-refractivity contribution in [1.82, 2.24) is 4.57 Å². The van der Waals surface area contributed by atoms with Crippen LogP contribution in [-0.4, -0.2) is 9.67 Å². The number of nitrogens with zero attached hydrogens (tertiary/aromatic N) is 1. The maximum Gasteiger partial charge on any atom is 0.124 e. The van der Waals surface area contributed by atoms with Gasteiger partial charge in [-0.05, 0) is 77.1 Å². The molecule has 2 heterocycles. The van der Waals surface area contributed by atoms with Gasteiger partial charge in [-0.15, -0.1) is 11.3 Å². The van der Waals surface area contributed by atoms with Gasteiger partial charge in [-0.1, -0.05) is 63.3 Å². The van der Waals surface area contributed by atoms with Gasteiger partial charge in [0.2, 0.25) is 0 Å². The van der Waals surface area contributed by atoms with Crippen LogP contribution in [-0.2, 0) is 17.6 Å². The average molecular weight is 438 g/mol. The Kier molecular flexibility index (Phi) is 6.51. The molecule has 0 unspecified atom stereocenters. The molecule has 0 aliphatic carbocycles. The van der Waals surface area contributed by atoms with Crippen molar-refractivity contribution in [3.8, 4) is 0 Å². The van der Waals surface area contributed by atoms with E-state index in [0.29, 0.717) is 0 Å². The molecule has 0 aliphatic heterocycles. The molecule has 2 aromatic heterocycles. The first kappa shape index (κ1) is 22.7. The van der Waals surface area contributed by atoms with Crippen LogP contribution in [0.15, 0.2) is 60.1 Å². The molecule has 30 heavy (non-hydrogen) atoms. The van der Waals surface area contributed by atoms with Crippen LogP contribution in [0.3, 0.4) is 0 Å². The summed E-state index contributed by atoms with van der Waals surface area (Å²) in [5.41, 5.74) is 2.40. The van der Waals surface area contributed by atoms with E-state index < -0.39 is 0 Å². The number of fused-ring (bicyclic) bond motifs is 2. The average Bonchev–Trinajstić information content (AvgIpc) is 3.16. The van der Waals surface area contributed by atoms with Gasteiger partial charge in [0, 0.05) is 11.7 Å². The number of aliphatic hydroxyl groups excluding tert-OH is 1. The summed E-state index contributed by atoms with van der Waals surface area (Å²) in [5.74, 6) is 0. The molecule has 0 bridgehead atoms. The summed E-state index contributed by atoms with van der Waals surface area (Å²) in [6, 6.07) is 16.8. The van der Waals surface area contributed by atoms with Crippen LogP contribution >= 0.6 is 23.6 Å². The van der Waals surface area contributed by atoms with Crippen LogP contribution in [0.4, 0.5) is 0 Å². The van der Waals surface area contributed by atoms with Crippen LogP contribution in [0.1, 0.15) is 52.7 Å². The van der Waals surface area contributed by atoms with Gasteiger partial charge in [-0.3, -0.25) is 0 Å². The van der Waals surface area contributed by atoms with Gasteiger partial charge in [0.15, 0.2) is 0 Å². The number of aliphatic hydroxyl groups is 1. The van der Waals surface area contributed by atoms with E-state index in [2.05, 4.69) is 94.1 Å². The third kappa shape index (κ3) is 4.83. The van der Waals surface area contributed by atoms with Crippen LogP contribution < -0.4 is 0 Å². The molecular formula is C26H31NOS2. The number of aromatic nitrogens is 1. The molecule has 4 rings (SSSR count). The molecule has 0 radical (unpaired) electrons. The molecule has 0 saturated heterocycles. The van der Waals surface area contributed by atoms with E-state index in [9.17, 15) is 5.11 Å². The maximum atomic E-state index is 9.44. The van der Waals surface area contributed by atoms with Crippen molar-refractivity contribution in [3.05, 3.63) is 75.9 Å². The van der Waals surface area contributed by atoms with Gasteiger partial charge in [0.05, 0.1) is 11.3 Å². The lowest BCUT2D eigenvalue weighted by atomic mass is 9.82. The fourth-order valence-corrected chi connectivity index (χ4v) is 5.02. The Bertz CT molecular complexity index is 1220. The molecule has 4 heteroatoms. The predicted molar refractivity (Wildman–Crippen MR) is 134 cm³/mol. The largest absolute Gasteiger partial charge is 0.392 e. The Balaban J connectivity index is 0.000000172. The third-order valence-electron chi connectivity index (χ3n) is 5.18. The summed E-state index contributed by atoms with van der Waals surface area (Å²) in [4.78, 5) is 0. The number of hydrogen-bond donors (Lipinski definition) is 1. The summed E-state index contributed by atoms with van der Waals surface area (Å²) in [7, 11) is 0. The second kappa shape index (κ2) is 8.62. The van der Waals surface area contributed by atoms with Crippen molar-refractivity contribution in [2.75, 3.05) is 0 Å². The number of thiophene rings is 1. The van der Waals surface area contributed by atoms with Gasteiger partial charge in [-0.25, -0.2) is 0 Å². The van der Waals surface area contributed by atoms with Crippen LogP contribution in [0.25, 0.3) is 20.9 Å². The van der Waals surface area contributed by atoms with E-state index in [1.807, 2.05) is 12.1 Å². The first-order valence-electron chi connectivity index (χ1n) is 10.2. The molecule has 0 amide bonds. The summed E-state index contributed by atoms with van der Waals surface area (Å²) >= 11 is 7.19. The SMILES string of the molecule is CC(C)(C)c1cc2ccccc2cc1CO.CC(C)(C)n1ccc2ccsc2c1=S. The summed E-state index contributed by atoms with van der Waals surface area (Å²) in [6.07, 6.45) is 2.08. The van der Waals surface area contributed by atoms with Crippen LogP contribution in [0.5, 0.6) is 0 Å². The van der Waals surface area contributed by atoms with E-state index in [1.165, 1.54) is 26.4 Å². The fraction of sp³-hybridized carbons (Fsp3) is 0.346. The second-order valence-corrected chi connectivity index (χ2v) is 10.9. The standard InChI is InChI=1S/C15H18O.C11H13NS2/c1-15(2,3)14-9-12-7-5-4-6-11(12)8-13(14)10-16;1-11(2,3)12-6-4-8-5-7-14-9(8)10(12)13/h4-9,16H,10H2,1-3H3;4-7H,1-3H3. The van der Waals surface area contributed by atoms with Gasteiger partial charge in [0.25, 0.3) is 0 Å². The molecule has 1 N–H and O–H groups in total. The highest BCUT2D eigenvalue weighted by Gasteiger charge is 2.18. The Labute approximate surface area is 188 Å². The fourth-order valence-electron chi connectivity index (χ4n) is 3.60. The molecule has 0 fully saturated rings. The maximum absolute atomic E-state index is 9.44. The van der Waals surface area contributed by atoms with E-state index in [0.717, 1.165) is 10.2 Å². The zero-order valence-corrected chi connectivity index (χ0v) is 20.3. The zero-order chi connectivity index (χ0) is 22.1. The number of pyridine rings is 1. The Morgan fingerprint density at radius 3 is 2.10 bits per heavy atom. The van der Waals surface area contributed by atoms with E-state index in [4.69, 9.17) is 12.2 Å². The van der Waals surface area contributed by atoms with Crippen LogP contribution in [0, 0.1) is 4.64 Å². The van der Waals surface area contributed by atoms with E-state index in [-0.39, 0.29) is 17.6 Å². The quantitative estimate of drug-likeness (QED) is 0.307. The molecular weight excluding hydrogens is 406 g/mol. The zero-order valence-electron chi connectivity index (χ0n) is 18.7. The highest BCUT2D eigenvalue weighted by molar-refractivity contribution is 7.71. The second-order valence-electron chi connectivity index (χ2n) is 9.63. The van der Waals surface area contributed by atoms with E-state index in [1.54, 1.807) is 11.3 Å². The minimum atomic E-state index is 0.0647. The third-order valence-corrected chi connectivity index (χ3v) is 6.65. The normalized spacial score (nSPS) is 12.1. The minimum Gasteiger partial charge on any atom is -0.392 e. The Morgan fingerprint density at radius 1 is 0.900 bits per heavy atom. The molecule has 0 atom stereocenters. The van der Waals surface area contributed by atoms with E-state index >= 15 is 0 Å². The van der Waals surface area contributed by atoms with Gasteiger partial charge >= 0.3 is 0 Å². The predicted octanol–water partition coefficient (Wildman–Crippen LogP) is 7.82. The highest BCUT2D eigenvalue weighted by Crippen LogP contribution is 2.30. The molecule has 0 aliphatic rings. The first-order valence-corrected chi connectivity index (χ1v) is 11.5. The lowest BCUT2D eigenvalue weighted by Crippen LogP contribution is -2.22. The molecule has 2 aromatic carbocycles. The molecule has 2 nitrogen and oxygen atoms in total. The van der Waals surface area contributed by atoms with Gasteiger partial charge in [0.1, 0.15) is 4.64 Å². The van der Waals surface area contributed by atoms with Crippen molar-refractivity contribution in [2.24, 2.45) is 0 Å². The monoisotopic (exact) mass is 437 g/mol. The summed E-state index contributed by atoms with van der Waals surface area (Å²) in [5, 5.41) is 15.2. The molecule has 0 saturated carbocycles. The van der Waals surface area contributed by atoms with Crippen molar-refractivity contribution < 1.29 is 5.11 Å².